The van der Waals surface area contributed by atoms with Crippen molar-refractivity contribution in [2.45, 2.75) is 31.1 Å². The smallest absolute Gasteiger partial charge is 0.191 e. The second-order valence-corrected chi connectivity index (χ2v) is 7.74. The van der Waals surface area contributed by atoms with Crippen molar-refractivity contribution in [3.05, 3.63) is 34.9 Å². The SMILES string of the molecule is CN=C(NCCCOCC1CCOC1)NCC1(c2cccc(Cl)c2)CC1.I. The maximum Gasteiger partial charge on any atom is 0.191 e. The van der Waals surface area contributed by atoms with Gasteiger partial charge in [0.25, 0.3) is 0 Å². The summed E-state index contributed by atoms with van der Waals surface area (Å²) in [5, 5.41) is 7.64. The van der Waals surface area contributed by atoms with Crippen LogP contribution in [0.25, 0.3) is 0 Å². The van der Waals surface area contributed by atoms with Gasteiger partial charge in [0, 0.05) is 49.7 Å². The Balaban J connectivity index is 0.00000261. The fourth-order valence-electron chi connectivity index (χ4n) is 3.36. The van der Waals surface area contributed by atoms with Crippen LogP contribution in [0.4, 0.5) is 0 Å². The lowest BCUT2D eigenvalue weighted by molar-refractivity contribution is 0.0888. The van der Waals surface area contributed by atoms with Gasteiger partial charge in [-0.05, 0) is 43.4 Å². The van der Waals surface area contributed by atoms with Gasteiger partial charge in [0.15, 0.2) is 5.96 Å². The molecule has 1 aliphatic heterocycles. The maximum absolute atomic E-state index is 6.15. The zero-order chi connectivity index (χ0) is 18.2. The van der Waals surface area contributed by atoms with Crippen molar-refractivity contribution in [1.29, 1.82) is 0 Å². The van der Waals surface area contributed by atoms with Crippen molar-refractivity contribution in [3.63, 3.8) is 0 Å². The molecule has 1 saturated carbocycles. The van der Waals surface area contributed by atoms with Crippen molar-refractivity contribution < 1.29 is 9.47 Å². The molecule has 1 aromatic rings. The van der Waals surface area contributed by atoms with Gasteiger partial charge in [0.1, 0.15) is 0 Å². The molecule has 5 nitrogen and oxygen atoms in total. The molecular weight excluding hydrogens is 477 g/mol. The van der Waals surface area contributed by atoms with Gasteiger partial charge in [-0.2, -0.15) is 0 Å². The molecule has 2 N–H and O–H groups in total. The summed E-state index contributed by atoms with van der Waals surface area (Å²) >= 11 is 6.15. The average molecular weight is 508 g/mol. The summed E-state index contributed by atoms with van der Waals surface area (Å²) in [6.07, 6.45) is 4.48. The number of ether oxygens (including phenoxy) is 2. The number of guanidine groups is 1. The molecule has 1 unspecified atom stereocenters. The quantitative estimate of drug-likeness (QED) is 0.232. The molecule has 1 atom stereocenters. The average Bonchev–Trinajstić information content (AvgIpc) is 3.27. The van der Waals surface area contributed by atoms with Crippen LogP contribution < -0.4 is 10.6 Å². The van der Waals surface area contributed by atoms with Gasteiger partial charge in [0.05, 0.1) is 13.2 Å². The van der Waals surface area contributed by atoms with Crippen LogP contribution in [0.2, 0.25) is 5.02 Å². The first-order valence-corrected chi connectivity index (χ1v) is 9.96. The van der Waals surface area contributed by atoms with Gasteiger partial charge in [-0.15, -0.1) is 24.0 Å². The van der Waals surface area contributed by atoms with Crippen molar-refractivity contribution in [2.75, 3.05) is 46.6 Å². The van der Waals surface area contributed by atoms with Crippen LogP contribution in [-0.4, -0.2) is 52.5 Å². The third-order valence-electron chi connectivity index (χ3n) is 5.24. The minimum absolute atomic E-state index is 0. The molecule has 0 aromatic heterocycles. The van der Waals surface area contributed by atoms with E-state index in [1.165, 1.54) is 18.4 Å². The fraction of sp³-hybridized carbons (Fsp3) is 0.650. The molecule has 0 spiro atoms. The van der Waals surface area contributed by atoms with Crippen molar-refractivity contribution >= 4 is 41.5 Å². The van der Waals surface area contributed by atoms with E-state index in [2.05, 4.69) is 27.8 Å². The summed E-state index contributed by atoms with van der Waals surface area (Å²) in [7, 11) is 1.81. The van der Waals surface area contributed by atoms with Crippen LogP contribution in [0, 0.1) is 5.92 Å². The van der Waals surface area contributed by atoms with Crippen LogP contribution in [0.15, 0.2) is 29.3 Å². The van der Waals surface area contributed by atoms with Crippen LogP contribution >= 0.6 is 35.6 Å². The van der Waals surface area contributed by atoms with E-state index in [0.717, 1.165) is 63.3 Å². The Kier molecular flexibility index (Phi) is 9.62. The third-order valence-corrected chi connectivity index (χ3v) is 5.48. The van der Waals surface area contributed by atoms with Crippen LogP contribution in [0.3, 0.4) is 0 Å². The Labute approximate surface area is 184 Å². The lowest BCUT2D eigenvalue weighted by Crippen LogP contribution is -2.41. The summed E-state index contributed by atoms with van der Waals surface area (Å²) in [6.45, 7) is 5.05. The Morgan fingerprint density at radius 3 is 2.89 bits per heavy atom. The van der Waals surface area contributed by atoms with Crippen LogP contribution in [0.5, 0.6) is 0 Å². The number of nitrogens with one attached hydrogen (secondary N) is 2. The minimum atomic E-state index is 0. The van der Waals surface area contributed by atoms with E-state index in [0.29, 0.717) is 5.92 Å². The van der Waals surface area contributed by atoms with E-state index in [1.807, 2.05) is 19.2 Å². The topological polar surface area (TPSA) is 54.9 Å². The Morgan fingerprint density at radius 1 is 1.37 bits per heavy atom. The number of rotatable bonds is 9. The first kappa shape index (κ1) is 22.7. The molecule has 2 fully saturated rings. The highest BCUT2D eigenvalue weighted by Gasteiger charge is 2.44. The van der Waals surface area contributed by atoms with Crippen molar-refractivity contribution in [1.82, 2.24) is 10.6 Å². The van der Waals surface area contributed by atoms with Crippen LogP contribution in [0.1, 0.15) is 31.2 Å². The predicted octanol–water partition coefficient (Wildman–Crippen LogP) is 3.60. The Bertz CT molecular complexity index is 605. The Hall–Kier alpha value is -0.570. The highest BCUT2D eigenvalue weighted by atomic mass is 127. The van der Waals surface area contributed by atoms with Gasteiger partial charge < -0.3 is 20.1 Å². The highest BCUT2D eigenvalue weighted by molar-refractivity contribution is 14.0. The molecule has 1 aromatic carbocycles. The van der Waals surface area contributed by atoms with Gasteiger partial charge in [0.2, 0.25) is 0 Å². The predicted molar refractivity (Wildman–Crippen MR) is 122 cm³/mol. The number of hydrogen-bond acceptors (Lipinski definition) is 3. The summed E-state index contributed by atoms with van der Waals surface area (Å²) in [4.78, 5) is 4.32. The first-order chi connectivity index (χ1) is 12.7. The zero-order valence-electron chi connectivity index (χ0n) is 16.0. The number of aliphatic imine (C=N–C) groups is 1. The molecule has 1 aliphatic carbocycles. The highest BCUT2D eigenvalue weighted by Crippen LogP contribution is 2.48. The molecule has 27 heavy (non-hydrogen) atoms. The lowest BCUT2D eigenvalue weighted by Gasteiger charge is -2.19. The molecule has 1 heterocycles. The largest absolute Gasteiger partial charge is 0.381 e. The number of benzene rings is 1. The van der Waals surface area contributed by atoms with Gasteiger partial charge in [-0.25, -0.2) is 0 Å². The molecule has 0 amide bonds. The summed E-state index contributed by atoms with van der Waals surface area (Å²) < 4.78 is 11.1. The Morgan fingerprint density at radius 2 is 2.22 bits per heavy atom. The van der Waals surface area contributed by atoms with Gasteiger partial charge in [-0.3, -0.25) is 4.99 Å². The molecule has 152 valence electrons. The molecule has 0 radical (unpaired) electrons. The van der Waals surface area contributed by atoms with Crippen molar-refractivity contribution in [2.24, 2.45) is 10.9 Å². The van der Waals surface area contributed by atoms with Gasteiger partial charge in [-0.1, -0.05) is 23.7 Å². The number of halogens is 2. The second-order valence-electron chi connectivity index (χ2n) is 7.30. The molecule has 7 heteroatoms. The number of hydrogen-bond donors (Lipinski definition) is 2. The molecule has 2 aliphatic rings. The summed E-state index contributed by atoms with van der Waals surface area (Å²) in [6, 6.07) is 8.21. The van der Waals surface area contributed by atoms with Gasteiger partial charge >= 0.3 is 0 Å². The maximum atomic E-state index is 6.15. The molecule has 1 saturated heterocycles. The number of nitrogens with zero attached hydrogens (tertiary/aromatic N) is 1. The van der Waals surface area contributed by atoms with Crippen LogP contribution in [-0.2, 0) is 14.9 Å². The minimum Gasteiger partial charge on any atom is -0.381 e. The summed E-state index contributed by atoms with van der Waals surface area (Å²) in [5.41, 5.74) is 1.52. The van der Waals surface area contributed by atoms with E-state index in [4.69, 9.17) is 21.1 Å². The first-order valence-electron chi connectivity index (χ1n) is 9.58. The standard InChI is InChI=1S/C20H30ClN3O2.HI/c1-22-19(23-9-3-10-25-13-16-6-11-26-14-16)24-15-20(7-8-20)17-4-2-5-18(21)12-17;/h2,4-5,12,16H,3,6-11,13-15H2,1H3,(H2,22,23,24);1H. The monoisotopic (exact) mass is 507 g/mol. The third kappa shape index (κ3) is 7.07. The zero-order valence-corrected chi connectivity index (χ0v) is 19.1. The fourth-order valence-corrected chi connectivity index (χ4v) is 3.55. The summed E-state index contributed by atoms with van der Waals surface area (Å²) in [5.74, 6) is 1.43. The molecule has 3 rings (SSSR count). The molecule has 0 bridgehead atoms. The van der Waals surface area contributed by atoms with E-state index in [-0.39, 0.29) is 29.4 Å². The van der Waals surface area contributed by atoms with E-state index >= 15 is 0 Å². The molecular formula is C20H31ClIN3O2. The lowest BCUT2D eigenvalue weighted by atomic mass is 9.96. The van der Waals surface area contributed by atoms with E-state index < -0.39 is 0 Å². The second kappa shape index (κ2) is 11.4. The van der Waals surface area contributed by atoms with E-state index in [9.17, 15) is 0 Å². The van der Waals surface area contributed by atoms with Crippen molar-refractivity contribution in [3.8, 4) is 0 Å². The normalized spacial score (nSPS) is 20.8. The van der Waals surface area contributed by atoms with E-state index in [1.54, 1.807) is 0 Å².